The first-order valence-electron chi connectivity index (χ1n) is 6.28. The van der Waals surface area contributed by atoms with E-state index in [2.05, 4.69) is 10.4 Å². The van der Waals surface area contributed by atoms with Crippen molar-refractivity contribution in [2.24, 2.45) is 0 Å². The summed E-state index contributed by atoms with van der Waals surface area (Å²) < 4.78 is 6.21. The van der Waals surface area contributed by atoms with Gasteiger partial charge in [0.1, 0.15) is 10.6 Å². The number of nitrogens with one attached hydrogen (secondary N) is 1. The molecule has 0 bridgehead atoms. The largest absolute Gasteiger partial charge is 0.465 e. The molecule has 0 aliphatic rings. The molecule has 8 heteroatoms. The minimum absolute atomic E-state index is 0.277. The molecule has 0 saturated heterocycles. The number of nitrogens with two attached hydrogens (primary N) is 1. The summed E-state index contributed by atoms with van der Waals surface area (Å²) >= 11 is 1.22. The van der Waals surface area contributed by atoms with Crippen LogP contribution in [0.25, 0.3) is 0 Å². The summed E-state index contributed by atoms with van der Waals surface area (Å²) in [4.78, 5) is 24.4. The van der Waals surface area contributed by atoms with Crippen LogP contribution in [0.1, 0.15) is 32.6 Å². The fraction of sp³-hybridized carbons (Fsp3) is 0.308. The van der Waals surface area contributed by atoms with Crippen LogP contribution in [0.5, 0.6) is 0 Å². The van der Waals surface area contributed by atoms with E-state index >= 15 is 0 Å². The maximum absolute atomic E-state index is 12.4. The number of amides is 1. The van der Waals surface area contributed by atoms with Gasteiger partial charge in [-0.05, 0) is 24.8 Å². The van der Waals surface area contributed by atoms with Gasteiger partial charge in [-0.2, -0.15) is 5.10 Å². The second-order valence-electron chi connectivity index (χ2n) is 4.33. The van der Waals surface area contributed by atoms with E-state index in [0.29, 0.717) is 22.8 Å². The highest BCUT2D eigenvalue weighted by atomic mass is 32.1. The third-order valence-corrected chi connectivity index (χ3v) is 4.04. The Morgan fingerprint density at radius 3 is 2.86 bits per heavy atom. The summed E-state index contributed by atoms with van der Waals surface area (Å²) in [7, 11) is 1.30. The zero-order valence-corrected chi connectivity index (χ0v) is 12.8. The fourth-order valence-corrected chi connectivity index (χ4v) is 2.82. The van der Waals surface area contributed by atoms with Crippen molar-refractivity contribution in [2.75, 3.05) is 18.2 Å². The lowest BCUT2D eigenvalue weighted by Crippen LogP contribution is -2.20. The smallest absolute Gasteiger partial charge is 0.350 e. The molecule has 0 radical (unpaired) electrons. The SMILES string of the molecule is CCn1ncc(N)c1C(=O)Nc1c(C)csc1C(=O)OC. The molecule has 2 rings (SSSR count). The summed E-state index contributed by atoms with van der Waals surface area (Å²) in [6.07, 6.45) is 1.43. The predicted molar refractivity (Wildman–Crippen MR) is 80.7 cm³/mol. The van der Waals surface area contributed by atoms with Crippen molar-refractivity contribution < 1.29 is 14.3 Å². The molecule has 0 saturated carbocycles. The second kappa shape index (κ2) is 5.96. The van der Waals surface area contributed by atoms with Crippen molar-refractivity contribution in [3.63, 3.8) is 0 Å². The molecule has 0 aliphatic heterocycles. The monoisotopic (exact) mass is 308 g/mol. The van der Waals surface area contributed by atoms with Crippen molar-refractivity contribution in [1.29, 1.82) is 0 Å². The number of carbonyl (C=O) groups excluding carboxylic acids is 2. The van der Waals surface area contributed by atoms with Gasteiger partial charge in [0.25, 0.3) is 5.91 Å². The lowest BCUT2D eigenvalue weighted by atomic mass is 10.2. The standard InChI is InChI=1S/C13H16N4O3S/c1-4-17-10(8(14)5-15-17)12(18)16-9-7(2)6-21-11(9)13(19)20-3/h5-6H,4,14H2,1-3H3,(H,16,18). The molecule has 1 amide bonds. The second-order valence-corrected chi connectivity index (χ2v) is 5.21. The average Bonchev–Trinajstić information content (AvgIpc) is 3.02. The van der Waals surface area contributed by atoms with Gasteiger partial charge >= 0.3 is 5.97 Å². The van der Waals surface area contributed by atoms with Gasteiger partial charge < -0.3 is 15.8 Å². The van der Waals surface area contributed by atoms with Crippen LogP contribution in [0.15, 0.2) is 11.6 Å². The van der Waals surface area contributed by atoms with Crippen molar-refractivity contribution >= 4 is 34.6 Å². The molecule has 21 heavy (non-hydrogen) atoms. The third kappa shape index (κ3) is 2.75. The van der Waals surface area contributed by atoms with Gasteiger partial charge in [-0.1, -0.05) is 0 Å². The molecule has 7 nitrogen and oxygen atoms in total. The van der Waals surface area contributed by atoms with Crippen molar-refractivity contribution in [3.05, 3.63) is 27.7 Å². The summed E-state index contributed by atoms with van der Waals surface area (Å²) in [6, 6.07) is 0. The number of carbonyl (C=O) groups is 2. The molecule has 0 aliphatic carbocycles. The first-order valence-corrected chi connectivity index (χ1v) is 7.16. The van der Waals surface area contributed by atoms with Gasteiger partial charge in [0.05, 0.1) is 24.7 Å². The van der Waals surface area contributed by atoms with Gasteiger partial charge in [0.2, 0.25) is 0 Å². The van der Waals surface area contributed by atoms with Crippen LogP contribution in [0.2, 0.25) is 0 Å². The first-order chi connectivity index (χ1) is 9.99. The Labute approximate surface area is 125 Å². The Morgan fingerprint density at radius 1 is 1.52 bits per heavy atom. The minimum Gasteiger partial charge on any atom is -0.465 e. The number of methoxy groups -OCH3 is 1. The van der Waals surface area contributed by atoms with Gasteiger partial charge in [0, 0.05) is 6.54 Å². The summed E-state index contributed by atoms with van der Waals surface area (Å²) in [5.41, 5.74) is 7.58. The number of nitrogens with zero attached hydrogens (tertiary/aromatic N) is 2. The summed E-state index contributed by atoms with van der Waals surface area (Å²) in [5.74, 6) is -0.890. The molecule has 112 valence electrons. The zero-order valence-electron chi connectivity index (χ0n) is 12.0. The number of ether oxygens (including phenoxy) is 1. The van der Waals surface area contributed by atoms with Crippen LogP contribution in [0.3, 0.4) is 0 Å². The number of hydrogen-bond acceptors (Lipinski definition) is 6. The summed E-state index contributed by atoms with van der Waals surface area (Å²) in [5, 5.41) is 8.52. The molecule has 2 heterocycles. The van der Waals surface area contributed by atoms with Crippen molar-refractivity contribution in [2.45, 2.75) is 20.4 Å². The minimum atomic E-state index is -0.486. The molecule has 0 atom stereocenters. The van der Waals surface area contributed by atoms with E-state index in [0.717, 1.165) is 5.56 Å². The zero-order chi connectivity index (χ0) is 15.6. The number of rotatable bonds is 4. The van der Waals surface area contributed by atoms with Crippen LogP contribution < -0.4 is 11.1 Å². The van der Waals surface area contributed by atoms with Crippen LogP contribution in [-0.2, 0) is 11.3 Å². The molecule has 3 N–H and O–H groups in total. The predicted octanol–water partition coefficient (Wildman–Crippen LogP) is 1.89. The maximum Gasteiger partial charge on any atom is 0.350 e. The highest BCUT2D eigenvalue weighted by molar-refractivity contribution is 7.12. The van der Waals surface area contributed by atoms with Crippen LogP contribution >= 0.6 is 11.3 Å². The Balaban J connectivity index is 2.34. The number of aryl methyl sites for hydroxylation is 2. The van der Waals surface area contributed by atoms with E-state index < -0.39 is 11.9 Å². The summed E-state index contributed by atoms with van der Waals surface area (Å²) in [6.45, 7) is 4.18. The van der Waals surface area contributed by atoms with E-state index in [1.165, 1.54) is 29.3 Å². The van der Waals surface area contributed by atoms with Gasteiger partial charge in [-0.25, -0.2) is 4.79 Å². The van der Waals surface area contributed by atoms with E-state index in [9.17, 15) is 9.59 Å². The number of nitrogen functional groups attached to an aromatic ring is 1. The van der Waals surface area contributed by atoms with Gasteiger partial charge in [-0.3, -0.25) is 9.48 Å². The Morgan fingerprint density at radius 2 is 2.24 bits per heavy atom. The van der Waals surface area contributed by atoms with Crippen molar-refractivity contribution in [3.8, 4) is 0 Å². The van der Waals surface area contributed by atoms with Crippen LogP contribution in [-0.4, -0.2) is 28.8 Å². The number of hydrogen-bond donors (Lipinski definition) is 2. The Kier molecular flexibility index (Phi) is 4.27. The van der Waals surface area contributed by atoms with E-state index in [1.807, 2.05) is 6.92 Å². The normalized spacial score (nSPS) is 10.4. The van der Waals surface area contributed by atoms with Crippen LogP contribution in [0, 0.1) is 6.92 Å². The van der Waals surface area contributed by atoms with E-state index in [-0.39, 0.29) is 5.69 Å². The quantitative estimate of drug-likeness (QED) is 0.840. The van der Waals surface area contributed by atoms with Crippen LogP contribution in [0.4, 0.5) is 11.4 Å². The lowest BCUT2D eigenvalue weighted by molar-refractivity contribution is 0.0607. The van der Waals surface area contributed by atoms with Crippen molar-refractivity contribution in [1.82, 2.24) is 9.78 Å². The number of esters is 1. The first kappa shape index (κ1) is 15.0. The highest BCUT2D eigenvalue weighted by Gasteiger charge is 2.22. The molecule has 0 fully saturated rings. The van der Waals surface area contributed by atoms with Gasteiger partial charge in [-0.15, -0.1) is 11.3 Å². The number of aromatic nitrogens is 2. The van der Waals surface area contributed by atoms with E-state index in [4.69, 9.17) is 10.5 Å². The Bertz CT molecular complexity index is 690. The lowest BCUT2D eigenvalue weighted by Gasteiger charge is -2.09. The molecule has 0 unspecified atom stereocenters. The molecule has 2 aromatic rings. The Hall–Kier alpha value is -2.35. The highest BCUT2D eigenvalue weighted by Crippen LogP contribution is 2.29. The average molecular weight is 308 g/mol. The fourth-order valence-electron chi connectivity index (χ4n) is 1.90. The number of thiophene rings is 1. The topological polar surface area (TPSA) is 99.2 Å². The molecular weight excluding hydrogens is 292 g/mol. The molecule has 2 aromatic heterocycles. The molecule has 0 spiro atoms. The number of anilines is 2. The molecule has 0 aromatic carbocycles. The maximum atomic E-state index is 12.4. The van der Waals surface area contributed by atoms with E-state index in [1.54, 1.807) is 12.3 Å². The molecular formula is C13H16N4O3S. The third-order valence-electron chi connectivity index (χ3n) is 2.97. The van der Waals surface area contributed by atoms with Gasteiger partial charge in [0.15, 0.2) is 0 Å².